The second kappa shape index (κ2) is 8.52. The second-order valence-corrected chi connectivity index (χ2v) is 7.43. The predicted octanol–water partition coefficient (Wildman–Crippen LogP) is 3.10. The molecule has 8 heteroatoms. The number of hydrogen-bond donors (Lipinski definition) is 2. The first-order valence-corrected chi connectivity index (χ1v) is 9.59. The van der Waals surface area contributed by atoms with Crippen molar-refractivity contribution < 1.29 is 23.5 Å². The minimum absolute atomic E-state index is 0.0105. The number of carbonyl (C=O) groups is 3. The van der Waals surface area contributed by atoms with Gasteiger partial charge in [-0.3, -0.25) is 9.59 Å². The summed E-state index contributed by atoms with van der Waals surface area (Å²) in [6.45, 7) is 3.07. The summed E-state index contributed by atoms with van der Waals surface area (Å²) >= 11 is 0. The smallest absolute Gasteiger partial charge is 0.325 e. The number of halogens is 1. The van der Waals surface area contributed by atoms with Crippen LogP contribution in [0, 0.1) is 5.82 Å². The van der Waals surface area contributed by atoms with Gasteiger partial charge < -0.3 is 15.4 Å². The predicted molar refractivity (Wildman–Crippen MR) is 110 cm³/mol. The first-order valence-electron chi connectivity index (χ1n) is 9.59. The lowest BCUT2D eigenvalue weighted by atomic mass is 9.93. The number of anilines is 1. The first kappa shape index (κ1) is 21.3. The molecule has 4 amide bonds. The monoisotopic (exact) mass is 413 g/mol. The Bertz CT molecular complexity index is 963. The van der Waals surface area contributed by atoms with Crippen LogP contribution >= 0.6 is 0 Å². The third-order valence-corrected chi connectivity index (χ3v) is 5.26. The van der Waals surface area contributed by atoms with Crippen LogP contribution in [0.25, 0.3) is 0 Å². The number of urea groups is 1. The van der Waals surface area contributed by atoms with Crippen molar-refractivity contribution in [3.63, 3.8) is 0 Å². The van der Waals surface area contributed by atoms with Crippen molar-refractivity contribution in [2.24, 2.45) is 0 Å². The summed E-state index contributed by atoms with van der Waals surface area (Å²) in [5.41, 5.74) is -0.157. The zero-order valence-electron chi connectivity index (χ0n) is 17.1. The van der Waals surface area contributed by atoms with Gasteiger partial charge in [-0.1, -0.05) is 24.3 Å². The van der Waals surface area contributed by atoms with E-state index in [1.54, 1.807) is 20.1 Å². The van der Waals surface area contributed by atoms with E-state index >= 15 is 0 Å². The van der Waals surface area contributed by atoms with E-state index in [2.05, 4.69) is 10.6 Å². The van der Waals surface area contributed by atoms with E-state index in [1.165, 1.54) is 25.1 Å². The molecule has 0 aliphatic carbocycles. The number of amides is 4. The molecule has 0 aromatic heterocycles. The number of methoxy groups -OCH3 is 1. The molecule has 2 aromatic rings. The molecule has 1 aliphatic rings. The number of nitrogens with zero attached hydrogens (tertiary/aromatic N) is 1. The standard InChI is InChI=1S/C22H24FN3O4/c1-14(19(27)24-18-7-5-4-6-17(18)23)26-20(28)22(2,25-21(26)29)13-12-15-8-10-16(30-3)11-9-15/h4-11,14H,12-13H2,1-3H3,(H,24,27)(H,25,29)/t14-,22+/m0/s1. The van der Waals surface area contributed by atoms with Crippen molar-refractivity contribution in [2.45, 2.75) is 38.3 Å². The molecule has 0 saturated carbocycles. The lowest BCUT2D eigenvalue weighted by molar-refractivity contribution is -0.136. The fourth-order valence-electron chi connectivity index (χ4n) is 3.33. The van der Waals surface area contributed by atoms with Crippen molar-refractivity contribution in [2.75, 3.05) is 12.4 Å². The zero-order valence-corrected chi connectivity index (χ0v) is 17.1. The first-order chi connectivity index (χ1) is 14.2. The van der Waals surface area contributed by atoms with Gasteiger partial charge in [-0.25, -0.2) is 14.1 Å². The Hall–Kier alpha value is -3.42. The molecular formula is C22H24FN3O4. The van der Waals surface area contributed by atoms with Gasteiger partial charge in [0.1, 0.15) is 23.1 Å². The average Bonchev–Trinajstić information content (AvgIpc) is 2.96. The van der Waals surface area contributed by atoms with Gasteiger partial charge in [-0.2, -0.15) is 0 Å². The molecule has 30 heavy (non-hydrogen) atoms. The van der Waals surface area contributed by atoms with Crippen molar-refractivity contribution in [1.82, 2.24) is 10.2 Å². The van der Waals surface area contributed by atoms with Gasteiger partial charge in [0.25, 0.3) is 5.91 Å². The summed E-state index contributed by atoms with van der Waals surface area (Å²) in [7, 11) is 1.58. The maximum Gasteiger partial charge on any atom is 0.325 e. The van der Waals surface area contributed by atoms with E-state index in [0.29, 0.717) is 12.8 Å². The van der Waals surface area contributed by atoms with Gasteiger partial charge in [-0.05, 0) is 56.5 Å². The van der Waals surface area contributed by atoms with Crippen LogP contribution in [0.3, 0.4) is 0 Å². The summed E-state index contributed by atoms with van der Waals surface area (Å²) in [5.74, 6) is -1.00. The van der Waals surface area contributed by atoms with Crippen molar-refractivity contribution >= 4 is 23.5 Å². The van der Waals surface area contributed by atoms with Crippen LogP contribution in [0.5, 0.6) is 5.75 Å². The van der Waals surface area contributed by atoms with Gasteiger partial charge in [0.2, 0.25) is 5.91 Å². The van der Waals surface area contributed by atoms with Gasteiger partial charge in [0, 0.05) is 0 Å². The lowest BCUT2D eigenvalue weighted by Gasteiger charge is -2.24. The number of aryl methyl sites for hydroxylation is 1. The molecule has 2 N–H and O–H groups in total. The van der Waals surface area contributed by atoms with Gasteiger partial charge in [0.15, 0.2) is 0 Å². The van der Waals surface area contributed by atoms with Crippen LogP contribution in [0.2, 0.25) is 0 Å². The summed E-state index contributed by atoms with van der Waals surface area (Å²) in [4.78, 5) is 38.9. The molecule has 0 radical (unpaired) electrons. The maximum atomic E-state index is 13.8. The topological polar surface area (TPSA) is 87.7 Å². The number of benzene rings is 2. The molecule has 3 rings (SSSR count). The molecule has 2 atom stereocenters. The van der Waals surface area contributed by atoms with Gasteiger partial charge in [-0.15, -0.1) is 0 Å². The highest BCUT2D eigenvalue weighted by molar-refractivity contribution is 6.11. The Morgan fingerprint density at radius 3 is 2.50 bits per heavy atom. The number of para-hydroxylation sites is 1. The molecule has 1 heterocycles. The molecule has 1 saturated heterocycles. The van der Waals surface area contributed by atoms with E-state index in [4.69, 9.17) is 4.74 Å². The highest BCUT2D eigenvalue weighted by atomic mass is 19.1. The Morgan fingerprint density at radius 1 is 1.20 bits per heavy atom. The normalized spacial score (nSPS) is 19.4. The number of carbonyl (C=O) groups excluding carboxylic acids is 3. The highest BCUT2D eigenvalue weighted by Gasteiger charge is 2.50. The molecule has 0 spiro atoms. The van der Waals surface area contributed by atoms with E-state index in [-0.39, 0.29) is 5.69 Å². The molecule has 1 aliphatic heterocycles. The Labute approximate surface area is 174 Å². The third kappa shape index (κ3) is 4.27. The van der Waals surface area contributed by atoms with Crippen molar-refractivity contribution in [1.29, 1.82) is 0 Å². The number of hydrogen-bond acceptors (Lipinski definition) is 4. The molecule has 0 unspecified atom stereocenters. The second-order valence-electron chi connectivity index (χ2n) is 7.43. The Kier molecular flexibility index (Phi) is 6.05. The number of ether oxygens (including phenoxy) is 1. The summed E-state index contributed by atoms with van der Waals surface area (Å²) in [6, 6.07) is 11.4. The lowest BCUT2D eigenvalue weighted by Crippen LogP contribution is -2.48. The summed E-state index contributed by atoms with van der Waals surface area (Å²) in [5, 5.41) is 5.12. The van der Waals surface area contributed by atoms with Gasteiger partial charge >= 0.3 is 6.03 Å². The van der Waals surface area contributed by atoms with Crippen LogP contribution in [0.4, 0.5) is 14.9 Å². The molecular weight excluding hydrogens is 389 g/mol. The van der Waals surface area contributed by atoms with Gasteiger partial charge in [0.05, 0.1) is 12.8 Å². The SMILES string of the molecule is COc1ccc(CC[C@@]2(C)NC(=O)N([C@@H](C)C(=O)Nc3ccccc3F)C2=O)cc1. The van der Waals surface area contributed by atoms with E-state index < -0.39 is 35.2 Å². The Morgan fingerprint density at radius 2 is 1.87 bits per heavy atom. The van der Waals surface area contributed by atoms with E-state index in [1.807, 2.05) is 24.3 Å². The minimum Gasteiger partial charge on any atom is -0.497 e. The molecule has 158 valence electrons. The third-order valence-electron chi connectivity index (χ3n) is 5.26. The fraction of sp³-hybridized carbons (Fsp3) is 0.318. The maximum absolute atomic E-state index is 13.8. The summed E-state index contributed by atoms with van der Waals surface area (Å²) < 4.78 is 18.9. The number of rotatable bonds is 7. The van der Waals surface area contributed by atoms with Crippen LogP contribution in [-0.4, -0.2) is 41.4 Å². The average molecular weight is 413 g/mol. The van der Waals surface area contributed by atoms with E-state index in [0.717, 1.165) is 16.2 Å². The quantitative estimate of drug-likeness (QED) is 0.683. The van der Waals surface area contributed by atoms with Crippen LogP contribution < -0.4 is 15.4 Å². The number of imide groups is 1. The Balaban J connectivity index is 1.67. The molecule has 2 aromatic carbocycles. The molecule has 1 fully saturated rings. The van der Waals surface area contributed by atoms with Crippen LogP contribution in [0.1, 0.15) is 25.8 Å². The zero-order chi connectivity index (χ0) is 21.9. The van der Waals surface area contributed by atoms with Crippen molar-refractivity contribution in [3.05, 3.63) is 59.9 Å². The van der Waals surface area contributed by atoms with Crippen molar-refractivity contribution in [3.8, 4) is 5.75 Å². The summed E-state index contributed by atoms with van der Waals surface area (Å²) in [6.07, 6.45) is 0.915. The molecule has 7 nitrogen and oxygen atoms in total. The fourth-order valence-corrected chi connectivity index (χ4v) is 3.33. The highest BCUT2D eigenvalue weighted by Crippen LogP contribution is 2.26. The van der Waals surface area contributed by atoms with E-state index in [9.17, 15) is 18.8 Å². The largest absolute Gasteiger partial charge is 0.497 e. The minimum atomic E-state index is -1.14. The van der Waals surface area contributed by atoms with Crippen LogP contribution in [-0.2, 0) is 16.0 Å². The number of nitrogens with one attached hydrogen (secondary N) is 2. The molecule has 0 bridgehead atoms. The van der Waals surface area contributed by atoms with Crippen LogP contribution in [0.15, 0.2) is 48.5 Å².